The van der Waals surface area contributed by atoms with Gasteiger partial charge in [0.25, 0.3) is 0 Å². The molecule has 0 saturated carbocycles. The molecule has 3 nitrogen and oxygen atoms in total. The maximum atomic E-state index is 11.3. The van der Waals surface area contributed by atoms with Crippen molar-refractivity contribution in [3.8, 4) is 0 Å². The predicted molar refractivity (Wildman–Crippen MR) is 60.4 cm³/mol. The van der Waals surface area contributed by atoms with Crippen molar-refractivity contribution in [1.82, 2.24) is 4.72 Å². The molecule has 0 amide bonds. The summed E-state index contributed by atoms with van der Waals surface area (Å²) in [5, 5.41) is 0.237. The van der Waals surface area contributed by atoms with Crippen LogP contribution in [-0.4, -0.2) is 15.5 Å². The first-order chi connectivity index (χ1) is 5.97. The normalized spacial score (nSPS) is 11.6. The van der Waals surface area contributed by atoms with E-state index in [1.807, 2.05) is 0 Å². The van der Waals surface area contributed by atoms with Gasteiger partial charge in [-0.15, -0.1) is 0 Å². The molecule has 1 aromatic rings. The fraction of sp³-hybridized carbons (Fsp3) is 0.143. The number of sulfonamides is 1. The molecule has 0 bridgehead atoms. The van der Waals surface area contributed by atoms with Crippen molar-refractivity contribution in [2.45, 2.75) is 4.90 Å². The molecule has 72 valence electrons. The van der Waals surface area contributed by atoms with E-state index >= 15 is 0 Å². The summed E-state index contributed by atoms with van der Waals surface area (Å²) < 4.78 is 25.8. The van der Waals surface area contributed by atoms with Gasteiger partial charge in [-0.05, 0) is 47.8 Å². The summed E-state index contributed by atoms with van der Waals surface area (Å²) in [5.74, 6) is 0. The Morgan fingerprint density at radius 2 is 2.08 bits per heavy atom. The predicted octanol–water partition coefficient (Wildman–Crippen LogP) is 1.85. The lowest BCUT2D eigenvalue weighted by atomic mass is 10.4. The molecule has 0 unspecified atom stereocenters. The van der Waals surface area contributed by atoms with Crippen LogP contribution in [0, 0.1) is 3.57 Å². The van der Waals surface area contributed by atoms with E-state index in [1.54, 1.807) is 12.1 Å². The highest BCUT2D eigenvalue weighted by molar-refractivity contribution is 14.1. The zero-order chi connectivity index (χ0) is 10.1. The Morgan fingerprint density at radius 3 is 2.54 bits per heavy atom. The van der Waals surface area contributed by atoms with Crippen LogP contribution in [-0.2, 0) is 10.0 Å². The lowest BCUT2D eigenvalue weighted by molar-refractivity contribution is 0.588. The Labute approximate surface area is 95.7 Å². The minimum atomic E-state index is -3.43. The van der Waals surface area contributed by atoms with E-state index in [4.69, 9.17) is 11.6 Å². The van der Waals surface area contributed by atoms with Crippen molar-refractivity contribution in [2.75, 3.05) is 7.05 Å². The Hall–Kier alpha value is 0.150. The van der Waals surface area contributed by atoms with Gasteiger partial charge in [0.15, 0.2) is 0 Å². The van der Waals surface area contributed by atoms with E-state index in [1.165, 1.54) is 13.1 Å². The van der Waals surface area contributed by atoms with Gasteiger partial charge in [-0.3, -0.25) is 0 Å². The van der Waals surface area contributed by atoms with Gasteiger partial charge in [-0.25, -0.2) is 13.1 Å². The van der Waals surface area contributed by atoms with Crippen LogP contribution in [0.5, 0.6) is 0 Å². The fourth-order valence-corrected chi connectivity index (χ4v) is 2.75. The summed E-state index contributed by atoms with van der Waals surface area (Å²) >= 11 is 7.83. The second-order valence-electron chi connectivity index (χ2n) is 2.28. The maximum absolute atomic E-state index is 11.3. The van der Waals surface area contributed by atoms with Crippen molar-refractivity contribution >= 4 is 44.2 Å². The molecule has 0 aliphatic heterocycles. The first-order valence-electron chi connectivity index (χ1n) is 3.36. The highest BCUT2D eigenvalue weighted by atomic mass is 127. The van der Waals surface area contributed by atoms with Gasteiger partial charge in [0.2, 0.25) is 10.0 Å². The highest BCUT2D eigenvalue weighted by Gasteiger charge is 2.14. The second kappa shape index (κ2) is 4.12. The molecule has 0 fully saturated rings. The van der Waals surface area contributed by atoms with Gasteiger partial charge in [-0.1, -0.05) is 11.6 Å². The topological polar surface area (TPSA) is 46.2 Å². The average Bonchev–Trinajstić information content (AvgIpc) is 2.03. The molecule has 0 aliphatic carbocycles. The second-order valence-corrected chi connectivity index (χ2v) is 5.79. The molecule has 1 N–H and O–H groups in total. The number of halogens is 2. The summed E-state index contributed by atoms with van der Waals surface area (Å²) in [6.07, 6.45) is 0. The van der Waals surface area contributed by atoms with E-state index in [0.717, 1.165) is 3.57 Å². The van der Waals surface area contributed by atoms with Crippen LogP contribution < -0.4 is 4.72 Å². The van der Waals surface area contributed by atoms with Crippen LogP contribution in [0.2, 0.25) is 5.02 Å². The smallest absolute Gasteiger partial charge is 0.214 e. The highest BCUT2D eigenvalue weighted by Crippen LogP contribution is 2.22. The molecule has 0 heterocycles. The monoisotopic (exact) mass is 331 g/mol. The Bertz CT molecular complexity index is 419. The van der Waals surface area contributed by atoms with Crippen LogP contribution in [0.3, 0.4) is 0 Å². The summed E-state index contributed by atoms with van der Waals surface area (Å²) in [4.78, 5) is 0.108. The van der Waals surface area contributed by atoms with E-state index in [0.29, 0.717) is 0 Å². The van der Waals surface area contributed by atoms with Crippen LogP contribution in [0.1, 0.15) is 0 Å². The van der Waals surface area contributed by atoms with Gasteiger partial charge in [0, 0.05) is 3.57 Å². The number of hydrogen-bond acceptors (Lipinski definition) is 2. The molecule has 0 aromatic heterocycles. The molecule has 1 rings (SSSR count). The van der Waals surface area contributed by atoms with Crippen LogP contribution in [0.25, 0.3) is 0 Å². The number of benzene rings is 1. The van der Waals surface area contributed by atoms with Crippen molar-refractivity contribution in [1.29, 1.82) is 0 Å². The van der Waals surface area contributed by atoms with E-state index in [-0.39, 0.29) is 9.92 Å². The maximum Gasteiger partial charge on any atom is 0.241 e. The number of rotatable bonds is 2. The van der Waals surface area contributed by atoms with Crippen LogP contribution in [0.15, 0.2) is 23.1 Å². The SMILES string of the molecule is CNS(=O)(=O)c1ccc(I)cc1Cl. The summed E-state index contributed by atoms with van der Waals surface area (Å²) in [5.41, 5.74) is 0. The molecule has 0 radical (unpaired) electrons. The molecular weight excluding hydrogens is 325 g/mol. The minimum absolute atomic E-state index is 0.108. The summed E-state index contributed by atoms with van der Waals surface area (Å²) in [6.45, 7) is 0. The number of hydrogen-bond donors (Lipinski definition) is 1. The van der Waals surface area contributed by atoms with Gasteiger partial charge in [0.05, 0.1) is 5.02 Å². The van der Waals surface area contributed by atoms with Gasteiger partial charge >= 0.3 is 0 Å². The van der Waals surface area contributed by atoms with E-state index in [9.17, 15) is 8.42 Å². The summed E-state index contributed by atoms with van der Waals surface area (Å²) in [6, 6.07) is 4.78. The molecule has 13 heavy (non-hydrogen) atoms. The molecule has 0 spiro atoms. The first-order valence-corrected chi connectivity index (χ1v) is 6.30. The van der Waals surface area contributed by atoms with Crippen molar-refractivity contribution in [2.24, 2.45) is 0 Å². The van der Waals surface area contributed by atoms with Crippen molar-refractivity contribution in [3.63, 3.8) is 0 Å². The standard InChI is InChI=1S/C7H7ClINO2S/c1-10-13(11,12)7-3-2-5(9)4-6(7)8/h2-4,10H,1H3. The largest absolute Gasteiger partial charge is 0.241 e. The molecule has 1 aromatic carbocycles. The van der Waals surface area contributed by atoms with Gasteiger partial charge in [0.1, 0.15) is 4.90 Å². The van der Waals surface area contributed by atoms with E-state index in [2.05, 4.69) is 27.3 Å². The molecular formula is C7H7ClINO2S. The quantitative estimate of drug-likeness (QED) is 0.841. The molecule has 0 atom stereocenters. The Kier molecular flexibility index (Phi) is 3.56. The van der Waals surface area contributed by atoms with Crippen LogP contribution >= 0.6 is 34.2 Å². The molecule has 0 aliphatic rings. The third kappa shape index (κ3) is 2.55. The molecule has 6 heteroatoms. The lowest BCUT2D eigenvalue weighted by Crippen LogP contribution is -2.18. The zero-order valence-electron chi connectivity index (χ0n) is 6.71. The van der Waals surface area contributed by atoms with E-state index < -0.39 is 10.0 Å². The van der Waals surface area contributed by atoms with Crippen molar-refractivity contribution in [3.05, 3.63) is 26.8 Å². The first kappa shape index (κ1) is 11.2. The summed E-state index contributed by atoms with van der Waals surface area (Å²) in [7, 11) is -2.08. The van der Waals surface area contributed by atoms with Gasteiger partial charge in [-0.2, -0.15) is 0 Å². The minimum Gasteiger partial charge on any atom is -0.214 e. The number of nitrogens with one attached hydrogen (secondary N) is 1. The lowest BCUT2D eigenvalue weighted by Gasteiger charge is -2.04. The molecule has 0 saturated heterocycles. The fourth-order valence-electron chi connectivity index (χ4n) is 0.803. The average molecular weight is 332 g/mol. The zero-order valence-corrected chi connectivity index (χ0v) is 10.4. The third-order valence-electron chi connectivity index (χ3n) is 1.45. The third-order valence-corrected chi connectivity index (χ3v) is 4.02. The van der Waals surface area contributed by atoms with Crippen LogP contribution in [0.4, 0.5) is 0 Å². The Morgan fingerprint density at radius 1 is 1.46 bits per heavy atom. The van der Waals surface area contributed by atoms with Gasteiger partial charge < -0.3 is 0 Å². The Balaban J connectivity index is 3.33. The van der Waals surface area contributed by atoms with Crippen molar-refractivity contribution < 1.29 is 8.42 Å².